The molecule has 1 aromatic carbocycles. The molecule has 0 aliphatic heterocycles. The van der Waals surface area contributed by atoms with Gasteiger partial charge >= 0.3 is 5.63 Å². The second kappa shape index (κ2) is 5.34. The molecule has 0 spiro atoms. The first kappa shape index (κ1) is 15.0. The molecule has 0 bridgehead atoms. The van der Waals surface area contributed by atoms with Crippen LogP contribution in [0.4, 0.5) is 0 Å². The van der Waals surface area contributed by atoms with E-state index in [1.54, 1.807) is 18.4 Å². The summed E-state index contributed by atoms with van der Waals surface area (Å²) < 4.78 is 10.2. The predicted octanol–water partition coefficient (Wildman–Crippen LogP) is 4.45. The van der Waals surface area contributed by atoms with Crippen LogP contribution in [0.1, 0.15) is 22.3 Å². The van der Waals surface area contributed by atoms with Gasteiger partial charge in [-0.05, 0) is 18.2 Å². The SMILES string of the molecule is C.C.C.O=c1ccc2cc3ccoc3cc2o1. The van der Waals surface area contributed by atoms with Crippen LogP contribution >= 0.6 is 0 Å². The Labute approximate surface area is 101 Å². The third kappa shape index (κ3) is 2.38. The number of fused-ring (bicyclic) bond motifs is 2. The molecule has 3 heteroatoms. The van der Waals surface area contributed by atoms with E-state index >= 15 is 0 Å². The Kier molecular flexibility index (Phi) is 4.71. The Morgan fingerprint density at radius 3 is 2.29 bits per heavy atom. The van der Waals surface area contributed by atoms with E-state index in [1.165, 1.54) is 6.07 Å². The Morgan fingerprint density at radius 1 is 0.824 bits per heavy atom. The molecule has 0 N–H and O–H groups in total. The van der Waals surface area contributed by atoms with E-state index in [1.807, 2.05) is 12.1 Å². The van der Waals surface area contributed by atoms with E-state index in [0.29, 0.717) is 5.58 Å². The number of hydrogen-bond donors (Lipinski definition) is 0. The number of rotatable bonds is 0. The van der Waals surface area contributed by atoms with E-state index in [-0.39, 0.29) is 27.9 Å². The second-order valence-corrected chi connectivity index (χ2v) is 3.10. The van der Waals surface area contributed by atoms with Gasteiger partial charge in [-0.1, -0.05) is 22.3 Å². The van der Waals surface area contributed by atoms with Crippen LogP contribution in [0.5, 0.6) is 0 Å². The lowest BCUT2D eigenvalue weighted by Gasteiger charge is -1.94. The summed E-state index contributed by atoms with van der Waals surface area (Å²) >= 11 is 0. The molecular formula is C14H18O3. The van der Waals surface area contributed by atoms with Gasteiger partial charge in [-0.15, -0.1) is 0 Å². The molecule has 2 heterocycles. The third-order valence-electron chi connectivity index (χ3n) is 2.19. The minimum Gasteiger partial charge on any atom is -0.464 e. The maximum atomic E-state index is 11.0. The molecule has 0 atom stereocenters. The van der Waals surface area contributed by atoms with Gasteiger partial charge in [-0.3, -0.25) is 0 Å². The van der Waals surface area contributed by atoms with Gasteiger partial charge in [-0.25, -0.2) is 4.79 Å². The Hall–Kier alpha value is -2.03. The maximum absolute atomic E-state index is 11.0. The molecule has 0 saturated heterocycles. The highest BCUT2D eigenvalue weighted by Crippen LogP contribution is 2.22. The van der Waals surface area contributed by atoms with Crippen LogP contribution in [0.3, 0.4) is 0 Å². The molecule has 3 aromatic rings. The Balaban J connectivity index is 0.000000853. The van der Waals surface area contributed by atoms with E-state index in [0.717, 1.165) is 16.4 Å². The van der Waals surface area contributed by atoms with Crippen molar-refractivity contribution in [2.75, 3.05) is 0 Å². The first-order valence-electron chi connectivity index (χ1n) is 4.24. The van der Waals surface area contributed by atoms with Crippen LogP contribution in [-0.2, 0) is 0 Å². The number of benzene rings is 1. The summed E-state index contributed by atoms with van der Waals surface area (Å²) in [4.78, 5) is 11.0. The smallest absolute Gasteiger partial charge is 0.336 e. The zero-order chi connectivity index (χ0) is 9.54. The summed E-state index contributed by atoms with van der Waals surface area (Å²) in [6.07, 6.45) is 1.61. The molecule has 0 amide bonds. The quantitative estimate of drug-likeness (QED) is 0.540. The summed E-state index contributed by atoms with van der Waals surface area (Å²) in [6.45, 7) is 0. The van der Waals surface area contributed by atoms with E-state index < -0.39 is 0 Å². The van der Waals surface area contributed by atoms with Crippen molar-refractivity contribution in [3.8, 4) is 0 Å². The first-order valence-corrected chi connectivity index (χ1v) is 4.24. The van der Waals surface area contributed by atoms with Crippen molar-refractivity contribution in [2.45, 2.75) is 22.3 Å². The number of furan rings is 1. The van der Waals surface area contributed by atoms with Crippen molar-refractivity contribution in [1.29, 1.82) is 0 Å². The van der Waals surface area contributed by atoms with Crippen molar-refractivity contribution in [2.24, 2.45) is 0 Å². The Bertz CT molecular complexity index is 662. The summed E-state index contributed by atoms with van der Waals surface area (Å²) in [7, 11) is 0. The minimum absolute atomic E-state index is 0. The van der Waals surface area contributed by atoms with Crippen LogP contribution in [0.15, 0.2) is 50.2 Å². The van der Waals surface area contributed by atoms with E-state index in [9.17, 15) is 4.79 Å². The van der Waals surface area contributed by atoms with Gasteiger partial charge in [-0.2, -0.15) is 0 Å². The largest absolute Gasteiger partial charge is 0.464 e. The van der Waals surface area contributed by atoms with Crippen LogP contribution in [0.2, 0.25) is 0 Å². The highest BCUT2D eigenvalue weighted by Gasteiger charge is 2.01. The topological polar surface area (TPSA) is 43.4 Å². The van der Waals surface area contributed by atoms with Gasteiger partial charge in [0.15, 0.2) is 0 Å². The van der Waals surface area contributed by atoms with Crippen LogP contribution in [0, 0.1) is 0 Å². The second-order valence-electron chi connectivity index (χ2n) is 3.10. The van der Waals surface area contributed by atoms with Gasteiger partial charge in [0.25, 0.3) is 0 Å². The van der Waals surface area contributed by atoms with Gasteiger partial charge in [0.05, 0.1) is 6.26 Å². The number of hydrogen-bond acceptors (Lipinski definition) is 3. The summed E-state index contributed by atoms with van der Waals surface area (Å²) in [6, 6.07) is 8.69. The fourth-order valence-electron chi connectivity index (χ4n) is 1.53. The molecular weight excluding hydrogens is 216 g/mol. The minimum atomic E-state index is -0.344. The van der Waals surface area contributed by atoms with Crippen molar-refractivity contribution in [1.82, 2.24) is 0 Å². The molecule has 3 rings (SSSR count). The van der Waals surface area contributed by atoms with Gasteiger partial charge < -0.3 is 8.83 Å². The average Bonchev–Trinajstić information content (AvgIpc) is 2.61. The normalized spacial score (nSPS) is 9.18. The van der Waals surface area contributed by atoms with Gasteiger partial charge in [0.1, 0.15) is 11.2 Å². The summed E-state index contributed by atoms with van der Waals surface area (Å²) in [5.41, 5.74) is 0.940. The first-order chi connectivity index (χ1) is 6.83. The molecule has 17 heavy (non-hydrogen) atoms. The van der Waals surface area contributed by atoms with E-state index in [4.69, 9.17) is 8.83 Å². The molecule has 0 saturated carbocycles. The lowest BCUT2D eigenvalue weighted by atomic mass is 10.2. The Morgan fingerprint density at radius 2 is 1.53 bits per heavy atom. The molecule has 0 radical (unpaired) electrons. The molecule has 0 unspecified atom stereocenters. The molecule has 92 valence electrons. The lowest BCUT2D eigenvalue weighted by molar-refractivity contribution is 0.559. The fourth-order valence-corrected chi connectivity index (χ4v) is 1.53. The summed E-state index contributed by atoms with van der Waals surface area (Å²) in [5.74, 6) is 0. The average molecular weight is 234 g/mol. The van der Waals surface area contributed by atoms with E-state index in [2.05, 4.69) is 0 Å². The highest BCUT2D eigenvalue weighted by molar-refractivity contribution is 5.92. The van der Waals surface area contributed by atoms with Crippen molar-refractivity contribution in [3.63, 3.8) is 0 Å². The van der Waals surface area contributed by atoms with Crippen LogP contribution in [0.25, 0.3) is 21.9 Å². The van der Waals surface area contributed by atoms with Gasteiger partial charge in [0, 0.05) is 22.9 Å². The maximum Gasteiger partial charge on any atom is 0.336 e. The predicted molar refractivity (Wildman–Crippen MR) is 72.4 cm³/mol. The standard InChI is InChI=1S/C11H6O3.3CH4/c12-11-2-1-7-5-8-3-4-13-9(8)6-10(7)14-11;;;/h1-6H;3*1H4. The fraction of sp³-hybridized carbons (Fsp3) is 0.214. The summed E-state index contributed by atoms with van der Waals surface area (Å²) in [5, 5.41) is 1.91. The highest BCUT2D eigenvalue weighted by atomic mass is 16.4. The molecule has 0 aliphatic carbocycles. The monoisotopic (exact) mass is 234 g/mol. The molecule has 2 aromatic heterocycles. The molecule has 0 aliphatic rings. The zero-order valence-electron chi connectivity index (χ0n) is 7.19. The van der Waals surface area contributed by atoms with Gasteiger partial charge in [0.2, 0.25) is 0 Å². The van der Waals surface area contributed by atoms with Crippen molar-refractivity contribution in [3.05, 3.63) is 47.0 Å². The molecule has 0 fully saturated rings. The van der Waals surface area contributed by atoms with Crippen molar-refractivity contribution < 1.29 is 8.83 Å². The zero-order valence-corrected chi connectivity index (χ0v) is 7.19. The van der Waals surface area contributed by atoms with Crippen LogP contribution in [-0.4, -0.2) is 0 Å². The third-order valence-corrected chi connectivity index (χ3v) is 2.19. The molecule has 3 nitrogen and oxygen atoms in total. The lowest BCUT2D eigenvalue weighted by Crippen LogP contribution is -1.93. The van der Waals surface area contributed by atoms with Crippen molar-refractivity contribution >= 4 is 21.9 Å². The van der Waals surface area contributed by atoms with Crippen LogP contribution < -0.4 is 5.63 Å².